The fourth-order valence-electron chi connectivity index (χ4n) is 2.32. The third-order valence-corrected chi connectivity index (χ3v) is 3.28. The summed E-state index contributed by atoms with van der Waals surface area (Å²) in [5, 5.41) is 9.27. The highest BCUT2D eigenvalue weighted by atomic mass is 16.3. The van der Waals surface area contributed by atoms with Crippen LogP contribution in [0.5, 0.6) is 0 Å². The maximum Gasteiger partial charge on any atom is 0.150 e. The molecule has 2 rings (SSSR count). The molecule has 0 heterocycles. The largest absolute Gasteiger partial charge is 0.395 e. The smallest absolute Gasteiger partial charge is 0.150 e. The number of hydrogen-bond acceptors (Lipinski definition) is 3. The Balaban J connectivity index is 2.26. The van der Waals surface area contributed by atoms with Crippen LogP contribution in [0.4, 0.5) is 5.69 Å². The fourth-order valence-corrected chi connectivity index (χ4v) is 2.32. The van der Waals surface area contributed by atoms with Gasteiger partial charge in [-0.3, -0.25) is 4.79 Å². The van der Waals surface area contributed by atoms with Gasteiger partial charge in [-0.2, -0.15) is 0 Å². The molecule has 0 aliphatic rings. The zero-order valence-electron chi connectivity index (χ0n) is 11.6. The van der Waals surface area contributed by atoms with Gasteiger partial charge in [-0.05, 0) is 36.2 Å². The minimum Gasteiger partial charge on any atom is -0.395 e. The van der Waals surface area contributed by atoms with Crippen LogP contribution in [0, 0.1) is 6.92 Å². The van der Waals surface area contributed by atoms with Crippen LogP contribution in [-0.2, 0) is 6.54 Å². The molecule has 1 N–H and O–H groups in total. The van der Waals surface area contributed by atoms with Crippen molar-refractivity contribution in [1.29, 1.82) is 0 Å². The van der Waals surface area contributed by atoms with E-state index in [0.29, 0.717) is 12.1 Å². The van der Waals surface area contributed by atoms with Crippen LogP contribution < -0.4 is 4.90 Å². The summed E-state index contributed by atoms with van der Waals surface area (Å²) in [5.74, 6) is 0. The van der Waals surface area contributed by atoms with Crippen LogP contribution in [0.2, 0.25) is 0 Å². The number of benzene rings is 2. The molecule has 0 aliphatic heterocycles. The molecule has 0 bridgehead atoms. The van der Waals surface area contributed by atoms with E-state index in [4.69, 9.17) is 0 Å². The summed E-state index contributed by atoms with van der Waals surface area (Å²) in [7, 11) is 0. The van der Waals surface area contributed by atoms with Crippen molar-refractivity contribution in [2.75, 3.05) is 18.1 Å². The van der Waals surface area contributed by atoms with Gasteiger partial charge in [0, 0.05) is 24.3 Å². The lowest BCUT2D eigenvalue weighted by molar-refractivity contribution is 0.112. The highest BCUT2D eigenvalue weighted by Crippen LogP contribution is 2.22. The highest BCUT2D eigenvalue weighted by molar-refractivity contribution is 5.77. The molecule has 2 aromatic carbocycles. The van der Waals surface area contributed by atoms with Crippen molar-refractivity contribution >= 4 is 12.0 Å². The third kappa shape index (κ3) is 3.45. The minimum absolute atomic E-state index is 0.0989. The quantitative estimate of drug-likeness (QED) is 0.820. The molecule has 0 fully saturated rings. The number of aldehydes is 1. The molecule has 0 spiro atoms. The molecule has 3 nitrogen and oxygen atoms in total. The number of aryl methyl sites for hydroxylation is 1. The number of carbonyl (C=O) groups is 1. The Labute approximate surface area is 119 Å². The number of carbonyl (C=O) groups excluding carboxylic acids is 1. The molecule has 0 aromatic heterocycles. The lowest BCUT2D eigenvalue weighted by Crippen LogP contribution is -2.26. The Morgan fingerprint density at radius 1 is 1.15 bits per heavy atom. The van der Waals surface area contributed by atoms with Crippen molar-refractivity contribution in [3.8, 4) is 0 Å². The first-order valence-corrected chi connectivity index (χ1v) is 6.70. The first-order valence-electron chi connectivity index (χ1n) is 6.70. The van der Waals surface area contributed by atoms with Crippen molar-refractivity contribution in [1.82, 2.24) is 0 Å². The van der Waals surface area contributed by atoms with E-state index in [2.05, 4.69) is 17.0 Å². The van der Waals surface area contributed by atoms with E-state index in [-0.39, 0.29) is 6.61 Å². The molecule has 0 unspecified atom stereocenters. The summed E-state index contributed by atoms with van der Waals surface area (Å²) in [6, 6.07) is 15.8. The summed E-state index contributed by atoms with van der Waals surface area (Å²) < 4.78 is 0. The Kier molecular flexibility index (Phi) is 4.91. The van der Waals surface area contributed by atoms with Gasteiger partial charge in [0.25, 0.3) is 0 Å². The van der Waals surface area contributed by atoms with Crippen LogP contribution in [0.1, 0.15) is 21.5 Å². The lowest BCUT2D eigenvalue weighted by atomic mass is 10.1. The van der Waals surface area contributed by atoms with Gasteiger partial charge in [0.2, 0.25) is 0 Å². The van der Waals surface area contributed by atoms with Gasteiger partial charge in [-0.25, -0.2) is 0 Å². The van der Waals surface area contributed by atoms with Crippen molar-refractivity contribution < 1.29 is 9.90 Å². The Hall–Kier alpha value is -2.13. The summed E-state index contributed by atoms with van der Waals surface area (Å²) in [4.78, 5) is 12.9. The second kappa shape index (κ2) is 6.87. The second-order valence-electron chi connectivity index (χ2n) is 4.79. The summed E-state index contributed by atoms with van der Waals surface area (Å²) in [6.45, 7) is 3.39. The van der Waals surface area contributed by atoms with Gasteiger partial charge in [-0.15, -0.1) is 0 Å². The van der Waals surface area contributed by atoms with E-state index in [0.717, 1.165) is 24.1 Å². The fraction of sp³-hybridized carbons (Fsp3) is 0.235. The number of nitrogens with zero attached hydrogens (tertiary/aromatic N) is 1. The molecule has 0 saturated heterocycles. The van der Waals surface area contributed by atoms with E-state index in [1.54, 1.807) is 0 Å². The minimum atomic E-state index is 0.0989. The van der Waals surface area contributed by atoms with Crippen molar-refractivity contribution in [2.24, 2.45) is 0 Å². The van der Waals surface area contributed by atoms with Gasteiger partial charge >= 0.3 is 0 Å². The average molecular weight is 269 g/mol. The van der Waals surface area contributed by atoms with Crippen molar-refractivity contribution in [3.05, 3.63) is 65.2 Å². The summed E-state index contributed by atoms with van der Waals surface area (Å²) >= 11 is 0. The van der Waals surface area contributed by atoms with E-state index < -0.39 is 0 Å². The monoisotopic (exact) mass is 269 g/mol. The van der Waals surface area contributed by atoms with E-state index in [9.17, 15) is 9.90 Å². The van der Waals surface area contributed by atoms with E-state index in [1.807, 2.05) is 43.3 Å². The molecule has 2 aromatic rings. The summed E-state index contributed by atoms with van der Waals surface area (Å²) in [5.41, 5.74) is 3.96. The average Bonchev–Trinajstić information content (AvgIpc) is 2.48. The third-order valence-electron chi connectivity index (χ3n) is 3.28. The molecule has 0 atom stereocenters. The Bertz CT molecular complexity index is 566. The van der Waals surface area contributed by atoms with Crippen molar-refractivity contribution in [3.63, 3.8) is 0 Å². The van der Waals surface area contributed by atoms with Crippen LogP contribution in [0.25, 0.3) is 0 Å². The lowest BCUT2D eigenvalue weighted by Gasteiger charge is -2.26. The Morgan fingerprint density at radius 3 is 2.50 bits per heavy atom. The number of rotatable bonds is 6. The SMILES string of the molecule is Cc1cc(C=O)ccc1N(CCO)Cc1ccccc1. The molecular weight excluding hydrogens is 250 g/mol. The maximum atomic E-state index is 10.8. The topological polar surface area (TPSA) is 40.5 Å². The number of hydrogen-bond donors (Lipinski definition) is 1. The van der Waals surface area contributed by atoms with Gasteiger partial charge < -0.3 is 10.0 Å². The van der Waals surface area contributed by atoms with E-state index in [1.165, 1.54) is 5.56 Å². The van der Waals surface area contributed by atoms with Crippen LogP contribution in [0.15, 0.2) is 48.5 Å². The zero-order valence-corrected chi connectivity index (χ0v) is 11.6. The first-order chi connectivity index (χ1) is 9.74. The molecule has 0 aliphatic carbocycles. The predicted molar refractivity (Wildman–Crippen MR) is 81.1 cm³/mol. The van der Waals surface area contributed by atoms with Gasteiger partial charge in [-0.1, -0.05) is 30.3 Å². The number of aliphatic hydroxyl groups excluding tert-OH is 1. The number of anilines is 1. The summed E-state index contributed by atoms with van der Waals surface area (Å²) in [6.07, 6.45) is 0.852. The van der Waals surface area contributed by atoms with Crippen molar-refractivity contribution in [2.45, 2.75) is 13.5 Å². The van der Waals surface area contributed by atoms with Gasteiger partial charge in [0.15, 0.2) is 0 Å². The van der Waals surface area contributed by atoms with Crippen LogP contribution >= 0.6 is 0 Å². The highest BCUT2D eigenvalue weighted by Gasteiger charge is 2.10. The van der Waals surface area contributed by atoms with Crippen LogP contribution in [-0.4, -0.2) is 24.5 Å². The van der Waals surface area contributed by atoms with Gasteiger partial charge in [0.05, 0.1) is 6.61 Å². The second-order valence-corrected chi connectivity index (χ2v) is 4.79. The molecule has 0 saturated carbocycles. The molecule has 3 heteroatoms. The van der Waals surface area contributed by atoms with Crippen LogP contribution in [0.3, 0.4) is 0 Å². The molecule has 104 valence electrons. The normalized spacial score (nSPS) is 10.3. The molecular formula is C17H19NO2. The zero-order chi connectivity index (χ0) is 14.4. The molecule has 0 amide bonds. The maximum absolute atomic E-state index is 10.8. The predicted octanol–water partition coefficient (Wildman–Crippen LogP) is 2.81. The Morgan fingerprint density at radius 2 is 1.90 bits per heavy atom. The standard InChI is InChI=1S/C17H19NO2/c1-14-11-16(13-20)7-8-17(14)18(9-10-19)12-15-5-3-2-4-6-15/h2-8,11,13,19H,9-10,12H2,1H3. The molecule has 20 heavy (non-hydrogen) atoms. The number of aliphatic hydroxyl groups is 1. The van der Waals surface area contributed by atoms with E-state index >= 15 is 0 Å². The molecule has 0 radical (unpaired) electrons. The van der Waals surface area contributed by atoms with Gasteiger partial charge in [0.1, 0.15) is 6.29 Å². The first kappa shape index (κ1) is 14.3.